The first-order valence-electron chi connectivity index (χ1n) is 6.24. The van der Waals surface area contributed by atoms with Gasteiger partial charge in [0.25, 0.3) is 0 Å². The van der Waals surface area contributed by atoms with E-state index < -0.39 is 10.0 Å². The van der Waals surface area contributed by atoms with Crippen LogP contribution >= 0.6 is 11.6 Å². The highest BCUT2D eigenvalue weighted by molar-refractivity contribution is 7.89. The highest BCUT2D eigenvalue weighted by Crippen LogP contribution is 2.25. The number of rotatable bonds is 8. The molecule has 114 valence electrons. The number of likely N-dealkylation sites (N-methyl/N-ethyl adjacent to an activating group) is 1. The third-order valence-corrected chi connectivity index (χ3v) is 4.60. The molecule has 0 saturated carbocycles. The van der Waals surface area contributed by atoms with Gasteiger partial charge < -0.3 is 9.64 Å². The first-order valence-corrected chi connectivity index (χ1v) is 8.27. The molecule has 1 atom stereocenters. The number of hydrogen-bond acceptors (Lipinski definition) is 4. The van der Waals surface area contributed by atoms with E-state index in [9.17, 15) is 8.42 Å². The van der Waals surface area contributed by atoms with Gasteiger partial charge in [-0.2, -0.15) is 0 Å². The van der Waals surface area contributed by atoms with Crippen LogP contribution in [0.1, 0.15) is 11.6 Å². The van der Waals surface area contributed by atoms with Crippen molar-refractivity contribution in [2.24, 2.45) is 0 Å². The fourth-order valence-corrected chi connectivity index (χ4v) is 2.99. The standard InChI is InChI=1S/C13H21ClN2O3S/c1-16(2)13(11-6-4-5-7-12(11)14)10-15-20(17,18)9-8-19-3/h4-7,13,15H,8-10H2,1-3H3. The fourth-order valence-electron chi connectivity index (χ4n) is 1.79. The van der Waals surface area contributed by atoms with Gasteiger partial charge in [-0.05, 0) is 25.7 Å². The molecule has 7 heteroatoms. The zero-order valence-corrected chi connectivity index (χ0v) is 13.5. The van der Waals surface area contributed by atoms with Gasteiger partial charge in [0.05, 0.1) is 12.4 Å². The van der Waals surface area contributed by atoms with Crippen LogP contribution in [-0.2, 0) is 14.8 Å². The topological polar surface area (TPSA) is 58.6 Å². The van der Waals surface area contributed by atoms with Gasteiger partial charge in [-0.1, -0.05) is 29.8 Å². The van der Waals surface area contributed by atoms with Crippen LogP contribution in [0.4, 0.5) is 0 Å². The van der Waals surface area contributed by atoms with Crippen molar-refractivity contribution in [2.75, 3.05) is 40.1 Å². The van der Waals surface area contributed by atoms with E-state index in [-0.39, 0.29) is 24.9 Å². The molecular weight excluding hydrogens is 300 g/mol. The third-order valence-electron chi connectivity index (χ3n) is 2.94. The molecule has 1 aromatic rings. The highest BCUT2D eigenvalue weighted by atomic mass is 35.5. The lowest BCUT2D eigenvalue weighted by Crippen LogP contribution is -2.36. The zero-order chi connectivity index (χ0) is 15.2. The van der Waals surface area contributed by atoms with Crippen LogP contribution in [0, 0.1) is 0 Å². The summed E-state index contributed by atoms with van der Waals surface area (Å²) >= 11 is 6.17. The predicted molar refractivity (Wildman–Crippen MR) is 81.5 cm³/mol. The second kappa shape index (κ2) is 7.95. The smallest absolute Gasteiger partial charge is 0.213 e. The minimum absolute atomic E-state index is 0.0494. The molecule has 1 unspecified atom stereocenters. The zero-order valence-electron chi connectivity index (χ0n) is 12.0. The third kappa shape index (κ3) is 5.38. The number of halogens is 1. The second-order valence-corrected chi connectivity index (χ2v) is 6.99. The first-order chi connectivity index (χ1) is 9.37. The number of benzene rings is 1. The van der Waals surface area contributed by atoms with Gasteiger partial charge in [0.15, 0.2) is 0 Å². The molecular formula is C13H21ClN2O3S. The Morgan fingerprint density at radius 2 is 2.00 bits per heavy atom. The molecule has 0 aromatic heterocycles. The van der Waals surface area contributed by atoms with Gasteiger partial charge in [-0.15, -0.1) is 0 Å². The van der Waals surface area contributed by atoms with E-state index in [4.69, 9.17) is 16.3 Å². The van der Waals surface area contributed by atoms with E-state index in [0.29, 0.717) is 5.02 Å². The van der Waals surface area contributed by atoms with E-state index in [1.54, 1.807) is 6.07 Å². The summed E-state index contributed by atoms with van der Waals surface area (Å²) < 4.78 is 31.0. The van der Waals surface area contributed by atoms with Crippen LogP contribution in [0.15, 0.2) is 24.3 Å². The summed E-state index contributed by atoms with van der Waals surface area (Å²) in [5, 5.41) is 0.627. The molecule has 1 aromatic carbocycles. The first kappa shape index (κ1) is 17.4. The normalized spacial score (nSPS) is 13.7. The Kier molecular flexibility index (Phi) is 6.91. The largest absolute Gasteiger partial charge is 0.384 e. The average Bonchev–Trinajstić information content (AvgIpc) is 2.38. The number of ether oxygens (including phenoxy) is 1. The Hall–Kier alpha value is -0.660. The van der Waals surface area contributed by atoms with Crippen molar-refractivity contribution < 1.29 is 13.2 Å². The van der Waals surface area contributed by atoms with E-state index in [1.165, 1.54) is 7.11 Å². The minimum atomic E-state index is -3.34. The summed E-state index contributed by atoms with van der Waals surface area (Å²) in [6, 6.07) is 7.31. The summed E-state index contributed by atoms with van der Waals surface area (Å²) in [5.74, 6) is -0.0494. The van der Waals surface area contributed by atoms with Gasteiger partial charge in [0.1, 0.15) is 0 Å². The molecule has 1 N–H and O–H groups in total. The molecule has 0 saturated heterocycles. The van der Waals surface area contributed by atoms with E-state index >= 15 is 0 Å². The monoisotopic (exact) mass is 320 g/mol. The maximum absolute atomic E-state index is 11.8. The maximum atomic E-state index is 11.8. The van der Waals surface area contributed by atoms with Crippen molar-refractivity contribution in [3.63, 3.8) is 0 Å². The van der Waals surface area contributed by atoms with Crippen LogP contribution in [0.25, 0.3) is 0 Å². The summed E-state index contributed by atoms with van der Waals surface area (Å²) in [4.78, 5) is 1.93. The van der Waals surface area contributed by atoms with Crippen LogP contribution in [0.3, 0.4) is 0 Å². The average molecular weight is 321 g/mol. The van der Waals surface area contributed by atoms with Crippen molar-refractivity contribution in [3.8, 4) is 0 Å². The molecule has 0 radical (unpaired) electrons. The van der Waals surface area contributed by atoms with Crippen molar-refractivity contribution in [1.82, 2.24) is 9.62 Å². The molecule has 0 aliphatic rings. The van der Waals surface area contributed by atoms with Gasteiger partial charge in [0, 0.05) is 24.7 Å². The highest BCUT2D eigenvalue weighted by Gasteiger charge is 2.19. The fraction of sp³-hybridized carbons (Fsp3) is 0.538. The predicted octanol–water partition coefficient (Wildman–Crippen LogP) is 1.51. The van der Waals surface area contributed by atoms with Gasteiger partial charge >= 0.3 is 0 Å². The number of hydrogen-bond donors (Lipinski definition) is 1. The number of sulfonamides is 1. The minimum Gasteiger partial charge on any atom is -0.384 e. The molecule has 0 spiro atoms. The second-order valence-electron chi connectivity index (χ2n) is 4.66. The van der Waals surface area contributed by atoms with Crippen LogP contribution in [-0.4, -0.2) is 53.4 Å². The Morgan fingerprint density at radius 1 is 1.35 bits per heavy atom. The molecule has 20 heavy (non-hydrogen) atoms. The Labute approximate surface area is 125 Å². The van der Waals surface area contributed by atoms with Crippen molar-refractivity contribution in [3.05, 3.63) is 34.9 Å². The Balaban J connectivity index is 2.78. The van der Waals surface area contributed by atoms with Crippen molar-refractivity contribution in [1.29, 1.82) is 0 Å². The molecule has 5 nitrogen and oxygen atoms in total. The maximum Gasteiger partial charge on any atom is 0.213 e. The SMILES string of the molecule is COCCS(=O)(=O)NCC(c1ccccc1Cl)N(C)C. The summed E-state index contributed by atoms with van der Waals surface area (Å²) in [6.07, 6.45) is 0. The molecule has 0 bridgehead atoms. The molecule has 0 amide bonds. The summed E-state index contributed by atoms with van der Waals surface area (Å²) in [7, 11) is 1.91. The lowest BCUT2D eigenvalue weighted by Gasteiger charge is -2.25. The van der Waals surface area contributed by atoms with E-state index in [1.807, 2.05) is 37.2 Å². The molecule has 0 aliphatic carbocycles. The summed E-state index contributed by atoms with van der Waals surface area (Å²) in [5.41, 5.74) is 0.897. The summed E-state index contributed by atoms with van der Waals surface area (Å²) in [6.45, 7) is 0.441. The lowest BCUT2D eigenvalue weighted by molar-refractivity contribution is 0.216. The number of methoxy groups -OCH3 is 1. The quantitative estimate of drug-likeness (QED) is 0.789. The van der Waals surface area contributed by atoms with E-state index in [2.05, 4.69) is 4.72 Å². The van der Waals surface area contributed by atoms with Gasteiger partial charge in [-0.3, -0.25) is 0 Å². The Morgan fingerprint density at radius 3 is 2.55 bits per heavy atom. The van der Waals surface area contributed by atoms with Gasteiger partial charge in [-0.25, -0.2) is 13.1 Å². The molecule has 0 heterocycles. The number of nitrogens with zero attached hydrogens (tertiary/aromatic N) is 1. The van der Waals surface area contributed by atoms with Gasteiger partial charge in [0.2, 0.25) is 10.0 Å². The van der Waals surface area contributed by atoms with Crippen LogP contribution in [0.2, 0.25) is 5.02 Å². The molecule has 1 rings (SSSR count). The number of nitrogens with one attached hydrogen (secondary N) is 1. The van der Waals surface area contributed by atoms with Crippen molar-refractivity contribution in [2.45, 2.75) is 6.04 Å². The van der Waals surface area contributed by atoms with E-state index in [0.717, 1.165) is 5.56 Å². The molecule has 0 fully saturated rings. The van der Waals surface area contributed by atoms with Crippen molar-refractivity contribution >= 4 is 21.6 Å². The Bertz CT molecular complexity index is 520. The van der Waals surface area contributed by atoms with Crippen LogP contribution < -0.4 is 4.72 Å². The van der Waals surface area contributed by atoms with Crippen LogP contribution in [0.5, 0.6) is 0 Å². The lowest BCUT2D eigenvalue weighted by atomic mass is 10.1. The molecule has 0 aliphatic heterocycles.